The van der Waals surface area contributed by atoms with E-state index < -0.39 is 30.4 Å². The van der Waals surface area contributed by atoms with Gasteiger partial charge in [0.1, 0.15) is 12.6 Å². The number of alkyl halides is 3. The maximum Gasteiger partial charge on any atom is 0.408 e. The van der Waals surface area contributed by atoms with Crippen LogP contribution in [0, 0.1) is 6.92 Å². The summed E-state index contributed by atoms with van der Waals surface area (Å²) in [4.78, 5) is 25.2. The molecule has 2 aromatic carbocycles. The molecule has 0 aliphatic rings. The molecule has 148 valence electrons. The van der Waals surface area contributed by atoms with Crippen LogP contribution in [0.25, 0.3) is 16.7 Å². The molecule has 0 spiro atoms. The highest BCUT2D eigenvalue weighted by Crippen LogP contribution is 2.23. The second-order valence-electron chi connectivity index (χ2n) is 6.45. The van der Waals surface area contributed by atoms with Crippen molar-refractivity contribution in [3.8, 4) is 5.69 Å². The van der Waals surface area contributed by atoms with Gasteiger partial charge in [-0.3, -0.25) is 13.9 Å². The van der Waals surface area contributed by atoms with Gasteiger partial charge in [0.25, 0.3) is 0 Å². The monoisotopic (exact) mass is 455 g/mol. The number of halogens is 4. The maximum atomic E-state index is 13.1. The van der Waals surface area contributed by atoms with E-state index in [4.69, 9.17) is 0 Å². The van der Waals surface area contributed by atoms with Crippen molar-refractivity contribution < 1.29 is 18.0 Å². The molecule has 1 heterocycles. The number of para-hydroxylation sites is 1. The summed E-state index contributed by atoms with van der Waals surface area (Å²) < 4.78 is 41.6. The molecule has 1 aromatic heterocycles. The lowest BCUT2D eigenvalue weighted by Gasteiger charge is -2.17. The molecular formula is C19H17BrF3N3O2. The van der Waals surface area contributed by atoms with E-state index >= 15 is 0 Å². The third-order valence-corrected chi connectivity index (χ3v) is 4.94. The summed E-state index contributed by atoms with van der Waals surface area (Å²) in [5.41, 5.74) is 1.98. The lowest BCUT2D eigenvalue weighted by molar-refractivity contribution is -0.158. The zero-order chi connectivity index (χ0) is 20.6. The highest BCUT2D eigenvalue weighted by molar-refractivity contribution is 9.10. The van der Waals surface area contributed by atoms with E-state index in [-0.39, 0.29) is 0 Å². The normalized spacial score (nSPS) is 12.9. The van der Waals surface area contributed by atoms with Gasteiger partial charge in [-0.2, -0.15) is 13.2 Å². The van der Waals surface area contributed by atoms with Crippen LogP contribution in [0.15, 0.2) is 51.7 Å². The van der Waals surface area contributed by atoms with Gasteiger partial charge in [-0.05, 0) is 49.7 Å². The average molecular weight is 456 g/mol. The number of amides is 1. The number of hydrogen-bond acceptors (Lipinski definition) is 2. The van der Waals surface area contributed by atoms with E-state index in [2.05, 4.69) is 15.9 Å². The number of imidazole rings is 1. The van der Waals surface area contributed by atoms with Crippen molar-refractivity contribution in [2.75, 3.05) is 0 Å². The summed E-state index contributed by atoms with van der Waals surface area (Å²) in [6, 6.07) is 10.3. The molecule has 1 amide bonds. The smallest absolute Gasteiger partial charge is 0.343 e. The summed E-state index contributed by atoms with van der Waals surface area (Å²) in [5.74, 6) is -0.886. The molecule has 5 nitrogen and oxygen atoms in total. The molecule has 9 heteroatoms. The Balaban J connectivity index is 2.08. The van der Waals surface area contributed by atoms with Crippen LogP contribution in [-0.4, -0.2) is 27.3 Å². The average Bonchev–Trinajstić information content (AvgIpc) is 2.88. The first-order valence-corrected chi connectivity index (χ1v) is 9.22. The number of carbonyl (C=O) groups excluding carboxylic acids is 1. The fourth-order valence-corrected chi connectivity index (χ4v) is 3.23. The van der Waals surface area contributed by atoms with E-state index in [1.54, 1.807) is 36.4 Å². The standard InChI is InChI=1S/C19H17BrF3N3O2/c1-11-4-3-5-15-17(11)26(14-8-6-13(20)7-9-14)18(28)25(15)10-16(27)24-12(2)19(21,22)23/h3-9,12H,10H2,1-2H3,(H,24,27)/t12-/m0/s1. The summed E-state index contributed by atoms with van der Waals surface area (Å²) in [6.07, 6.45) is -4.55. The van der Waals surface area contributed by atoms with E-state index in [1.165, 1.54) is 9.13 Å². The first-order chi connectivity index (χ1) is 13.1. The molecule has 0 fully saturated rings. The van der Waals surface area contributed by atoms with Crippen LogP contribution in [0.1, 0.15) is 12.5 Å². The third kappa shape index (κ3) is 3.84. The number of rotatable bonds is 4. The fourth-order valence-electron chi connectivity index (χ4n) is 2.97. The first-order valence-electron chi connectivity index (χ1n) is 8.42. The predicted molar refractivity (Wildman–Crippen MR) is 104 cm³/mol. The number of fused-ring (bicyclic) bond motifs is 1. The summed E-state index contributed by atoms with van der Waals surface area (Å²) in [7, 11) is 0. The topological polar surface area (TPSA) is 56.0 Å². The Morgan fingerprint density at radius 3 is 2.43 bits per heavy atom. The van der Waals surface area contributed by atoms with Crippen molar-refractivity contribution in [2.45, 2.75) is 32.6 Å². The van der Waals surface area contributed by atoms with E-state index in [0.717, 1.165) is 17.0 Å². The van der Waals surface area contributed by atoms with Crippen molar-refractivity contribution in [2.24, 2.45) is 0 Å². The van der Waals surface area contributed by atoms with Crippen LogP contribution < -0.4 is 11.0 Å². The van der Waals surface area contributed by atoms with Crippen molar-refractivity contribution >= 4 is 32.9 Å². The predicted octanol–water partition coefficient (Wildman–Crippen LogP) is 3.93. The fraction of sp³-hybridized carbons (Fsp3) is 0.263. The molecule has 1 N–H and O–H groups in total. The molecule has 3 aromatic rings. The number of carbonyl (C=O) groups is 1. The molecule has 3 rings (SSSR count). The molecule has 0 bridgehead atoms. The Morgan fingerprint density at radius 2 is 1.82 bits per heavy atom. The summed E-state index contributed by atoms with van der Waals surface area (Å²) in [6.45, 7) is 2.17. The Hall–Kier alpha value is -2.55. The molecule has 0 aliphatic heterocycles. The van der Waals surface area contributed by atoms with Gasteiger partial charge in [-0.25, -0.2) is 4.79 Å². The van der Waals surface area contributed by atoms with Crippen molar-refractivity contribution in [1.82, 2.24) is 14.5 Å². The zero-order valence-corrected chi connectivity index (χ0v) is 16.6. The number of hydrogen-bond donors (Lipinski definition) is 1. The Labute approximate surface area is 166 Å². The molecule has 1 atom stereocenters. The molecular weight excluding hydrogens is 439 g/mol. The van der Waals surface area contributed by atoms with Crippen LogP contribution in [0.4, 0.5) is 13.2 Å². The van der Waals surface area contributed by atoms with Gasteiger partial charge in [0, 0.05) is 4.47 Å². The minimum Gasteiger partial charge on any atom is -0.343 e. The highest BCUT2D eigenvalue weighted by atomic mass is 79.9. The summed E-state index contributed by atoms with van der Waals surface area (Å²) >= 11 is 3.34. The quantitative estimate of drug-likeness (QED) is 0.647. The molecule has 0 saturated carbocycles. The van der Waals surface area contributed by atoms with E-state index in [0.29, 0.717) is 16.7 Å². The molecule has 0 unspecified atom stereocenters. The Kier molecular flexibility index (Phi) is 5.38. The number of nitrogens with one attached hydrogen (secondary N) is 1. The molecule has 0 radical (unpaired) electrons. The summed E-state index contributed by atoms with van der Waals surface area (Å²) in [5, 5.41) is 1.89. The number of aromatic nitrogens is 2. The van der Waals surface area contributed by atoms with Crippen LogP contribution in [0.5, 0.6) is 0 Å². The van der Waals surface area contributed by atoms with Gasteiger partial charge >= 0.3 is 11.9 Å². The molecule has 0 aliphatic carbocycles. The Morgan fingerprint density at radius 1 is 1.18 bits per heavy atom. The second-order valence-corrected chi connectivity index (χ2v) is 7.37. The molecule has 0 saturated heterocycles. The SMILES string of the molecule is Cc1cccc2c1n(-c1ccc(Br)cc1)c(=O)n2CC(=O)N[C@@H](C)C(F)(F)F. The Bertz CT molecular complexity index is 1080. The van der Waals surface area contributed by atoms with Crippen LogP contribution in [0.2, 0.25) is 0 Å². The minimum atomic E-state index is -4.55. The van der Waals surface area contributed by atoms with Gasteiger partial charge in [0.15, 0.2) is 0 Å². The molecule has 28 heavy (non-hydrogen) atoms. The highest BCUT2D eigenvalue weighted by Gasteiger charge is 2.37. The van der Waals surface area contributed by atoms with Gasteiger partial charge in [0.2, 0.25) is 5.91 Å². The number of benzene rings is 2. The zero-order valence-electron chi connectivity index (χ0n) is 15.0. The van der Waals surface area contributed by atoms with Gasteiger partial charge in [-0.1, -0.05) is 28.1 Å². The second kappa shape index (κ2) is 7.46. The van der Waals surface area contributed by atoms with Gasteiger partial charge in [0.05, 0.1) is 16.7 Å². The van der Waals surface area contributed by atoms with Crippen LogP contribution >= 0.6 is 15.9 Å². The van der Waals surface area contributed by atoms with Crippen LogP contribution in [0.3, 0.4) is 0 Å². The maximum absolute atomic E-state index is 13.1. The minimum absolute atomic E-state index is 0.475. The van der Waals surface area contributed by atoms with Crippen molar-refractivity contribution in [3.63, 3.8) is 0 Å². The van der Waals surface area contributed by atoms with Crippen molar-refractivity contribution in [1.29, 1.82) is 0 Å². The number of aryl methyl sites for hydroxylation is 1. The first kappa shape index (κ1) is 20.2. The third-order valence-electron chi connectivity index (χ3n) is 4.41. The lowest BCUT2D eigenvalue weighted by atomic mass is 10.2. The van der Waals surface area contributed by atoms with Crippen LogP contribution in [-0.2, 0) is 11.3 Å². The largest absolute Gasteiger partial charge is 0.408 e. The lowest BCUT2D eigenvalue weighted by Crippen LogP contribution is -2.45. The van der Waals surface area contributed by atoms with E-state index in [9.17, 15) is 22.8 Å². The van der Waals surface area contributed by atoms with Gasteiger partial charge < -0.3 is 5.32 Å². The van der Waals surface area contributed by atoms with Gasteiger partial charge in [-0.15, -0.1) is 0 Å². The van der Waals surface area contributed by atoms with E-state index in [1.807, 2.05) is 18.3 Å². The number of nitrogens with zero attached hydrogens (tertiary/aromatic N) is 2. The van der Waals surface area contributed by atoms with Crippen molar-refractivity contribution in [3.05, 3.63) is 63.0 Å².